The van der Waals surface area contributed by atoms with Gasteiger partial charge in [-0.3, -0.25) is 9.69 Å². The molecule has 0 spiro atoms. The van der Waals surface area contributed by atoms with Gasteiger partial charge < -0.3 is 4.90 Å². The van der Waals surface area contributed by atoms with Gasteiger partial charge in [-0.05, 0) is 35.4 Å². The predicted octanol–water partition coefficient (Wildman–Crippen LogP) is 2.14. The van der Waals surface area contributed by atoms with Crippen LogP contribution < -0.4 is 0 Å². The van der Waals surface area contributed by atoms with Gasteiger partial charge in [-0.25, -0.2) is 0 Å². The third-order valence-corrected chi connectivity index (χ3v) is 5.21. The van der Waals surface area contributed by atoms with Crippen LogP contribution in [-0.2, 0) is 13.6 Å². The van der Waals surface area contributed by atoms with Crippen LogP contribution in [0.4, 0.5) is 0 Å². The Bertz CT molecular complexity index is 957. The van der Waals surface area contributed by atoms with Crippen molar-refractivity contribution in [3.8, 4) is 11.4 Å². The van der Waals surface area contributed by atoms with Crippen molar-refractivity contribution in [1.29, 1.82) is 0 Å². The van der Waals surface area contributed by atoms with Crippen molar-refractivity contribution in [3.63, 3.8) is 0 Å². The van der Waals surface area contributed by atoms with Gasteiger partial charge in [0.1, 0.15) is 0 Å². The van der Waals surface area contributed by atoms with Gasteiger partial charge in [0.25, 0.3) is 5.91 Å². The average molecular weight is 376 g/mol. The fraction of sp³-hybridized carbons (Fsp3) is 0.333. The van der Waals surface area contributed by atoms with E-state index in [1.165, 1.54) is 15.9 Å². The minimum absolute atomic E-state index is 0.0780. The van der Waals surface area contributed by atoms with E-state index in [0.29, 0.717) is 11.4 Å². The summed E-state index contributed by atoms with van der Waals surface area (Å²) in [6.45, 7) is 6.36. The number of hydrogen-bond acceptors (Lipinski definition) is 5. The molecule has 144 valence electrons. The summed E-state index contributed by atoms with van der Waals surface area (Å²) in [5.41, 5.74) is 4.22. The number of benzene rings is 2. The van der Waals surface area contributed by atoms with Gasteiger partial charge in [0.05, 0.1) is 7.05 Å². The van der Waals surface area contributed by atoms with Crippen LogP contribution in [0.1, 0.15) is 21.5 Å². The summed E-state index contributed by atoms with van der Waals surface area (Å²) in [7, 11) is 1.73. The van der Waals surface area contributed by atoms with E-state index in [1.54, 1.807) is 7.05 Å². The minimum atomic E-state index is 0.0780. The number of carbonyl (C=O) groups is 1. The highest BCUT2D eigenvalue weighted by Crippen LogP contribution is 2.17. The summed E-state index contributed by atoms with van der Waals surface area (Å²) in [4.78, 5) is 18.6. The summed E-state index contributed by atoms with van der Waals surface area (Å²) >= 11 is 0. The molecule has 1 saturated heterocycles. The number of carbonyl (C=O) groups excluding carboxylic acids is 1. The van der Waals surface area contributed by atoms with Gasteiger partial charge in [-0.1, -0.05) is 36.4 Å². The van der Waals surface area contributed by atoms with Crippen LogP contribution in [-0.4, -0.2) is 62.1 Å². The average Bonchev–Trinajstić information content (AvgIpc) is 3.16. The minimum Gasteiger partial charge on any atom is -0.336 e. The molecule has 0 unspecified atom stereocenters. The number of tetrazole rings is 1. The number of aryl methyl sites for hydroxylation is 2. The fourth-order valence-electron chi connectivity index (χ4n) is 3.48. The van der Waals surface area contributed by atoms with Crippen LogP contribution in [0.3, 0.4) is 0 Å². The first-order chi connectivity index (χ1) is 13.6. The van der Waals surface area contributed by atoms with E-state index in [9.17, 15) is 4.79 Å². The van der Waals surface area contributed by atoms with E-state index in [4.69, 9.17) is 0 Å². The van der Waals surface area contributed by atoms with E-state index in [0.717, 1.165) is 38.3 Å². The molecule has 0 aliphatic carbocycles. The molecule has 3 aromatic rings. The summed E-state index contributed by atoms with van der Waals surface area (Å²) < 4.78 is 0. The predicted molar refractivity (Wildman–Crippen MR) is 107 cm³/mol. The summed E-state index contributed by atoms with van der Waals surface area (Å²) in [5, 5.41) is 12.0. The second kappa shape index (κ2) is 7.90. The van der Waals surface area contributed by atoms with Crippen molar-refractivity contribution in [2.24, 2.45) is 7.05 Å². The number of nitrogens with zero attached hydrogens (tertiary/aromatic N) is 6. The lowest BCUT2D eigenvalue weighted by Crippen LogP contribution is -2.48. The van der Waals surface area contributed by atoms with Gasteiger partial charge in [0, 0.05) is 43.9 Å². The Morgan fingerprint density at radius 2 is 1.71 bits per heavy atom. The van der Waals surface area contributed by atoms with Gasteiger partial charge in [-0.2, -0.15) is 4.80 Å². The van der Waals surface area contributed by atoms with Gasteiger partial charge >= 0.3 is 0 Å². The molecule has 0 N–H and O–H groups in total. The molecule has 2 heterocycles. The molecule has 0 radical (unpaired) electrons. The molecule has 0 bridgehead atoms. The summed E-state index contributed by atoms with van der Waals surface area (Å²) in [5.74, 6) is 0.639. The Hall–Kier alpha value is -3.06. The molecule has 7 heteroatoms. The van der Waals surface area contributed by atoms with E-state index < -0.39 is 0 Å². The van der Waals surface area contributed by atoms with E-state index in [1.807, 2.05) is 29.2 Å². The first-order valence-corrected chi connectivity index (χ1v) is 9.51. The third kappa shape index (κ3) is 3.94. The van der Waals surface area contributed by atoms with Crippen molar-refractivity contribution in [1.82, 2.24) is 30.0 Å². The highest BCUT2D eigenvalue weighted by molar-refractivity contribution is 5.94. The van der Waals surface area contributed by atoms with Crippen molar-refractivity contribution < 1.29 is 4.79 Å². The third-order valence-electron chi connectivity index (χ3n) is 5.21. The normalized spacial score (nSPS) is 15.0. The maximum atomic E-state index is 12.8. The molecule has 4 rings (SSSR count). The van der Waals surface area contributed by atoms with E-state index >= 15 is 0 Å². The zero-order chi connectivity index (χ0) is 19.5. The number of aromatic nitrogens is 4. The molecular weight excluding hydrogens is 352 g/mol. The second-order valence-corrected chi connectivity index (χ2v) is 7.17. The highest BCUT2D eigenvalue weighted by atomic mass is 16.2. The molecule has 0 saturated carbocycles. The van der Waals surface area contributed by atoms with Crippen molar-refractivity contribution >= 4 is 5.91 Å². The Morgan fingerprint density at radius 1 is 1.00 bits per heavy atom. The number of rotatable bonds is 4. The quantitative estimate of drug-likeness (QED) is 0.698. The molecule has 1 aliphatic heterocycles. The Balaban J connectivity index is 1.35. The number of piperazine rings is 1. The Morgan fingerprint density at radius 3 is 2.36 bits per heavy atom. The van der Waals surface area contributed by atoms with Crippen LogP contribution in [0.25, 0.3) is 11.4 Å². The highest BCUT2D eigenvalue weighted by Gasteiger charge is 2.22. The lowest BCUT2D eigenvalue weighted by molar-refractivity contribution is 0.0628. The smallest absolute Gasteiger partial charge is 0.253 e. The molecule has 1 fully saturated rings. The molecule has 1 amide bonds. The monoisotopic (exact) mass is 376 g/mol. The molecule has 28 heavy (non-hydrogen) atoms. The standard InChI is InChI=1S/C21H24N6O/c1-16-5-3-4-6-19(16)15-26-11-13-27(14-12-26)21(28)18-9-7-17(8-10-18)20-22-24-25(2)23-20/h3-10H,11-15H2,1-2H3. The first-order valence-electron chi connectivity index (χ1n) is 9.51. The fourth-order valence-corrected chi connectivity index (χ4v) is 3.48. The number of amides is 1. The number of hydrogen-bond donors (Lipinski definition) is 0. The largest absolute Gasteiger partial charge is 0.336 e. The van der Waals surface area contributed by atoms with E-state index in [-0.39, 0.29) is 5.91 Å². The van der Waals surface area contributed by atoms with Gasteiger partial charge in [-0.15, -0.1) is 10.2 Å². The van der Waals surface area contributed by atoms with E-state index in [2.05, 4.69) is 51.5 Å². The molecule has 0 atom stereocenters. The first kappa shape index (κ1) is 18.3. The van der Waals surface area contributed by atoms with Crippen LogP contribution in [0.5, 0.6) is 0 Å². The second-order valence-electron chi connectivity index (χ2n) is 7.17. The van der Waals surface area contributed by atoms with Crippen LogP contribution >= 0.6 is 0 Å². The van der Waals surface area contributed by atoms with Crippen molar-refractivity contribution in [2.75, 3.05) is 26.2 Å². The SMILES string of the molecule is Cc1ccccc1CN1CCN(C(=O)c2ccc(-c3nnn(C)n3)cc2)CC1. The zero-order valence-electron chi connectivity index (χ0n) is 16.2. The zero-order valence-corrected chi connectivity index (χ0v) is 16.2. The van der Waals surface area contributed by atoms with Crippen molar-refractivity contribution in [3.05, 3.63) is 65.2 Å². The maximum absolute atomic E-state index is 12.8. The van der Waals surface area contributed by atoms with Crippen LogP contribution in [0, 0.1) is 6.92 Å². The van der Waals surface area contributed by atoms with Gasteiger partial charge in [0.15, 0.2) is 0 Å². The Kier molecular flexibility index (Phi) is 5.16. The van der Waals surface area contributed by atoms with Gasteiger partial charge in [0.2, 0.25) is 5.82 Å². The lowest BCUT2D eigenvalue weighted by Gasteiger charge is -2.35. The topological polar surface area (TPSA) is 67.2 Å². The lowest BCUT2D eigenvalue weighted by atomic mass is 10.1. The molecule has 7 nitrogen and oxygen atoms in total. The van der Waals surface area contributed by atoms with Crippen LogP contribution in [0.15, 0.2) is 48.5 Å². The Labute approximate surface area is 164 Å². The molecule has 1 aromatic heterocycles. The summed E-state index contributed by atoms with van der Waals surface area (Å²) in [6.07, 6.45) is 0. The van der Waals surface area contributed by atoms with Crippen molar-refractivity contribution in [2.45, 2.75) is 13.5 Å². The molecular formula is C21H24N6O. The van der Waals surface area contributed by atoms with Crippen LogP contribution in [0.2, 0.25) is 0 Å². The summed E-state index contributed by atoms with van der Waals surface area (Å²) in [6, 6.07) is 15.9. The molecule has 2 aromatic carbocycles. The molecule has 1 aliphatic rings. The maximum Gasteiger partial charge on any atom is 0.253 e.